The SMILES string of the molecule is CCCC(C)(N)C(=O)NCCc1csc(C)n1. The molecule has 0 saturated carbocycles. The smallest absolute Gasteiger partial charge is 0.239 e. The Morgan fingerprint density at radius 2 is 2.35 bits per heavy atom. The summed E-state index contributed by atoms with van der Waals surface area (Å²) in [5, 5.41) is 5.95. The second-order valence-corrected chi connectivity index (χ2v) is 5.59. The van der Waals surface area contributed by atoms with Gasteiger partial charge in [-0.15, -0.1) is 11.3 Å². The average Bonchev–Trinajstić information content (AvgIpc) is 2.64. The number of nitrogens with one attached hydrogen (secondary N) is 1. The molecule has 1 aromatic heterocycles. The molecule has 1 atom stereocenters. The van der Waals surface area contributed by atoms with Crippen LogP contribution in [0, 0.1) is 6.92 Å². The van der Waals surface area contributed by atoms with Gasteiger partial charge in [0, 0.05) is 18.3 Å². The Morgan fingerprint density at radius 3 is 2.88 bits per heavy atom. The van der Waals surface area contributed by atoms with Crippen LogP contribution in [-0.2, 0) is 11.2 Å². The average molecular weight is 255 g/mol. The van der Waals surface area contributed by atoms with Gasteiger partial charge in [0.25, 0.3) is 0 Å². The first-order valence-corrected chi connectivity index (χ1v) is 6.82. The maximum absolute atomic E-state index is 11.8. The van der Waals surface area contributed by atoms with Crippen LogP contribution in [0.4, 0.5) is 0 Å². The van der Waals surface area contributed by atoms with Gasteiger partial charge >= 0.3 is 0 Å². The van der Waals surface area contributed by atoms with Gasteiger partial charge in [0.15, 0.2) is 0 Å². The number of nitrogens with zero attached hydrogens (tertiary/aromatic N) is 1. The molecular formula is C12H21N3OS. The van der Waals surface area contributed by atoms with Gasteiger partial charge in [0.2, 0.25) is 5.91 Å². The Morgan fingerprint density at radius 1 is 1.65 bits per heavy atom. The molecule has 0 saturated heterocycles. The third kappa shape index (κ3) is 4.44. The van der Waals surface area contributed by atoms with Gasteiger partial charge in [0.1, 0.15) is 0 Å². The number of nitrogens with two attached hydrogens (primary N) is 1. The van der Waals surface area contributed by atoms with Crippen molar-refractivity contribution in [1.29, 1.82) is 0 Å². The monoisotopic (exact) mass is 255 g/mol. The van der Waals surface area contributed by atoms with E-state index >= 15 is 0 Å². The summed E-state index contributed by atoms with van der Waals surface area (Å²) in [6.45, 7) is 6.37. The zero-order valence-electron chi connectivity index (χ0n) is 10.7. The maximum atomic E-state index is 11.8. The van der Waals surface area contributed by atoms with E-state index in [4.69, 9.17) is 5.73 Å². The highest BCUT2D eigenvalue weighted by Crippen LogP contribution is 2.09. The van der Waals surface area contributed by atoms with Crippen molar-refractivity contribution in [3.8, 4) is 0 Å². The Kier molecular flexibility index (Phi) is 5.08. The zero-order valence-corrected chi connectivity index (χ0v) is 11.6. The van der Waals surface area contributed by atoms with Crippen LogP contribution in [0.5, 0.6) is 0 Å². The van der Waals surface area contributed by atoms with Crippen molar-refractivity contribution in [3.63, 3.8) is 0 Å². The molecule has 0 aliphatic heterocycles. The number of thiazole rings is 1. The van der Waals surface area contributed by atoms with Crippen LogP contribution in [0.15, 0.2) is 5.38 Å². The van der Waals surface area contributed by atoms with Crippen LogP contribution in [-0.4, -0.2) is 23.0 Å². The highest BCUT2D eigenvalue weighted by atomic mass is 32.1. The zero-order chi connectivity index (χ0) is 12.9. The molecule has 0 radical (unpaired) electrons. The molecule has 1 heterocycles. The molecule has 1 amide bonds. The van der Waals surface area contributed by atoms with E-state index in [2.05, 4.69) is 10.3 Å². The Balaban J connectivity index is 2.33. The highest BCUT2D eigenvalue weighted by molar-refractivity contribution is 7.09. The number of hydrogen-bond donors (Lipinski definition) is 2. The molecule has 17 heavy (non-hydrogen) atoms. The fourth-order valence-electron chi connectivity index (χ4n) is 1.66. The first kappa shape index (κ1) is 14.1. The number of carbonyl (C=O) groups is 1. The Bertz CT molecular complexity index is 374. The minimum absolute atomic E-state index is 0.0775. The summed E-state index contributed by atoms with van der Waals surface area (Å²) in [6.07, 6.45) is 2.37. The lowest BCUT2D eigenvalue weighted by molar-refractivity contribution is -0.126. The largest absolute Gasteiger partial charge is 0.354 e. The molecule has 96 valence electrons. The van der Waals surface area contributed by atoms with Crippen molar-refractivity contribution in [2.75, 3.05) is 6.54 Å². The molecule has 0 fully saturated rings. The molecular weight excluding hydrogens is 234 g/mol. The summed E-state index contributed by atoms with van der Waals surface area (Å²) < 4.78 is 0. The number of aromatic nitrogens is 1. The van der Waals surface area contributed by atoms with Crippen molar-refractivity contribution in [2.24, 2.45) is 5.73 Å². The lowest BCUT2D eigenvalue weighted by atomic mass is 9.96. The van der Waals surface area contributed by atoms with Crippen LogP contribution < -0.4 is 11.1 Å². The van der Waals surface area contributed by atoms with E-state index in [9.17, 15) is 4.79 Å². The molecule has 1 rings (SSSR count). The highest BCUT2D eigenvalue weighted by Gasteiger charge is 2.26. The van der Waals surface area contributed by atoms with Gasteiger partial charge in [-0.1, -0.05) is 13.3 Å². The Hall–Kier alpha value is -0.940. The van der Waals surface area contributed by atoms with Gasteiger partial charge in [0.05, 0.1) is 16.2 Å². The van der Waals surface area contributed by atoms with Crippen molar-refractivity contribution < 1.29 is 4.79 Å². The minimum Gasteiger partial charge on any atom is -0.354 e. The molecule has 0 aliphatic rings. The second-order valence-electron chi connectivity index (χ2n) is 4.53. The van der Waals surface area contributed by atoms with Crippen molar-refractivity contribution in [2.45, 2.75) is 45.6 Å². The number of aryl methyl sites for hydroxylation is 1. The number of hydrogen-bond acceptors (Lipinski definition) is 4. The predicted molar refractivity (Wildman–Crippen MR) is 71.1 cm³/mol. The van der Waals surface area contributed by atoms with Crippen LogP contribution in [0.25, 0.3) is 0 Å². The normalized spacial score (nSPS) is 14.4. The van der Waals surface area contributed by atoms with Crippen molar-refractivity contribution in [3.05, 3.63) is 16.1 Å². The van der Waals surface area contributed by atoms with Gasteiger partial charge in [-0.05, 0) is 20.3 Å². The third-order valence-electron chi connectivity index (χ3n) is 2.62. The molecule has 5 heteroatoms. The summed E-state index contributed by atoms with van der Waals surface area (Å²) in [5.74, 6) is -0.0775. The van der Waals surface area contributed by atoms with Gasteiger partial charge in [-0.2, -0.15) is 0 Å². The first-order valence-electron chi connectivity index (χ1n) is 5.94. The number of amides is 1. The molecule has 0 spiro atoms. The molecule has 0 bridgehead atoms. The van der Waals surface area contributed by atoms with E-state index in [0.29, 0.717) is 13.0 Å². The van der Waals surface area contributed by atoms with E-state index in [1.165, 1.54) is 0 Å². The molecule has 0 aliphatic carbocycles. The summed E-state index contributed by atoms with van der Waals surface area (Å²) in [7, 11) is 0. The first-order chi connectivity index (χ1) is 7.95. The van der Waals surface area contributed by atoms with E-state index in [1.54, 1.807) is 18.3 Å². The fraction of sp³-hybridized carbons (Fsp3) is 0.667. The van der Waals surface area contributed by atoms with Gasteiger partial charge in [-0.3, -0.25) is 4.79 Å². The quantitative estimate of drug-likeness (QED) is 0.812. The lowest BCUT2D eigenvalue weighted by Gasteiger charge is -2.22. The Labute approximate surface area is 107 Å². The van der Waals surface area contributed by atoms with E-state index in [-0.39, 0.29) is 5.91 Å². The maximum Gasteiger partial charge on any atom is 0.239 e. The summed E-state index contributed by atoms with van der Waals surface area (Å²) in [4.78, 5) is 16.1. The summed E-state index contributed by atoms with van der Waals surface area (Å²) >= 11 is 1.63. The molecule has 4 nitrogen and oxygen atoms in total. The molecule has 1 unspecified atom stereocenters. The fourth-order valence-corrected chi connectivity index (χ4v) is 2.31. The number of carbonyl (C=O) groups excluding carboxylic acids is 1. The van der Waals surface area contributed by atoms with E-state index < -0.39 is 5.54 Å². The molecule has 1 aromatic rings. The lowest BCUT2D eigenvalue weighted by Crippen LogP contribution is -2.51. The molecule has 0 aromatic carbocycles. The number of rotatable bonds is 6. The van der Waals surface area contributed by atoms with Crippen molar-refractivity contribution in [1.82, 2.24) is 10.3 Å². The van der Waals surface area contributed by atoms with Crippen LogP contribution in [0.2, 0.25) is 0 Å². The van der Waals surface area contributed by atoms with Crippen molar-refractivity contribution >= 4 is 17.2 Å². The summed E-state index contributed by atoms with van der Waals surface area (Å²) in [5.41, 5.74) is 6.20. The predicted octanol–water partition coefficient (Wildman–Crippen LogP) is 1.63. The molecule has 3 N–H and O–H groups in total. The van der Waals surface area contributed by atoms with Crippen LogP contribution >= 0.6 is 11.3 Å². The topological polar surface area (TPSA) is 68.0 Å². The van der Waals surface area contributed by atoms with E-state index in [1.807, 2.05) is 19.2 Å². The van der Waals surface area contributed by atoms with Crippen LogP contribution in [0.3, 0.4) is 0 Å². The summed E-state index contributed by atoms with van der Waals surface area (Å²) in [6, 6.07) is 0. The third-order valence-corrected chi connectivity index (χ3v) is 3.44. The standard InChI is InChI=1S/C12H21N3OS/c1-4-6-12(3,13)11(16)14-7-5-10-8-17-9(2)15-10/h8H,4-7,13H2,1-3H3,(H,14,16). The van der Waals surface area contributed by atoms with E-state index in [0.717, 1.165) is 23.5 Å². The minimum atomic E-state index is -0.757. The van der Waals surface area contributed by atoms with Gasteiger partial charge in [-0.25, -0.2) is 4.98 Å². The second kappa shape index (κ2) is 6.12. The van der Waals surface area contributed by atoms with Crippen LogP contribution in [0.1, 0.15) is 37.4 Å². The van der Waals surface area contributed by atoms with Gasteiger partial charge < -0.3 is 11.1 Å².